The van der Waals surface area contributed by atoms with Gasteiger partial charge in [0.05, 0.1) is 23.4 Å². The molecule has 2 heterocycles. The lowest BCUT2D eigenvalue weighted by atomic mass is 10.0. The number of aliphatic hydroxyl groups is 1. The van der Waals surface area contributed by atoms with Crippen molar-refractivity contribution in [1.29, 1.82) is 0 Å². The number of aromatic nitrogens is 2. The average molecular weight is 355 g/mol. The third kappa shape index (κ3) is 3.54. The van der Waals surface area contributed by atoms with Crippen LogP contribution in [-0.2, 0) is 6.61 Å². The van der Waals surface area contributed by atoms with Crippen molar-refractivity contribution in [3.63, 3.8) is 0 Å². The van der Waals surface area contributed by atoms with Crippen molar-refractivity contribution in [2.75, 3.05) is 5.32 Å². The number of carbonyl (C=O) groups excluding carboxylic acids is 1. The number of fused-ring (bicyclic) bond motifs is 1. The van der Waals surface area contributed by atoms with E-state index in [2.05, 4.69) is 15.3 Å². The SMILES string of the molecule is O=C(Nc1cccc(CO)c1)c1cc(-c2ccncc2)nc2ccccc12. The number of benzene rings is 2. The van der Waals surface area contributed by atoms with E-state index in [-0.39, 0.29) is 12.5 Å². The number of amides is 1. The van der Waals surface area contributed by atoms with Gasteiger partial charge in [0.15, 0.2) is 0 Å². The minimum Gasteiger partial charge on any atom is -0.392 e. The molecule has 4 rings (SSSR count). The molecule has 4 aromatic rings. The third-order valence-electron chi connectivity index (χ3n) is 4.30. The van der Waals surface area contributed by atoms with Crippen LogP contribution in [0.4, 0.5) is 5.69 Å². The fraction of sp³-hybridized carbons (Fsp3) is 0.0455. The molecular weight excluding hydrogens is 338 g/mol. The highest BCUT2D eigenvalue weighted by molar-refractivity contribution is 6.13. The van der Waals surface area contributed by atoms with E-state index in [1.807, 2.05) is 36.4 Å². The minimum absolute atomic E-state index is 0.0753. The van der Waals surface area contributed by atoms with Gasteiger partial charge in [0.1, 0.15) is 0 Å². The second-order valence-electron chi connectivity index (χ2n) is 6.12. The fourth-order valence-electron chi connectivity index (χ4n) is 2.98. The Morgan fingerprint density at radius 1 is 0.963 bits per heavy atom. The van der Waals surface area contributed by atoms with Gasteiger partial charge in [-0.2, -0.15) is 0 Å². The van der Waals surface area contributed by atoms with E-state index in [1.165, 1.54) is 0 Å². The molecule has 2 aromatic carbocycles. The zero-order valence-corrected chi connectivity index (χ0v) is 14.5. The number of anilines is 1. The molecule has 0 radical (unpaired) electrons. The number of aliphatic hydroxyl groups excluding tert-OH is 1. The maximum absolute atomic E-state index is 13.0. The third-order valence-corrected chi connectivity index (χ3v) is 4.30. The summed E-state index contributed by atoms with van der Waals surface area (Å²) in [6.45, 7) is -0.0753. The molecule has 0 aliphatic carbocycles. The number of para-hydroxylation sites is 1. The summed E-state index contributed by atoms with van der Waals surface area (Å²) in [5, 5.41) is 13.0. The molecule has 1 amide bonds. The minimum atomic E-state index is -0.223. The topological polar surface area (TPSA) is 75.1 Å². The van der Waals surface area contributed by atoms with Crippen LogP contribution in [0.3, 0.4) is 0 Å². The van der Waals surface area contributed by atoms with Gasteiger partial charge in [-0.25, -0.2) is 4.98 Å². The first kappa shape index (κ1) is 16.9. The first-order chi connectivity index (χ1) is 13.2. The van der Waals surface area contributed by atoms with E-state index in [4.69, 9.17) is 0 Å². The average Bonchev–Trinajstić information content (AvgIpc) is 2.73. The quantitative estimate of drug-likeness (QED) is 0.579. The van der Waals surface area contributed by atoms with E-state index in [1.54, 1.807) is 42.7 Å². The molecule has 5 heteroatoms. The molecule has 0 spiro atoms. The molecule has 0 unspecified atom stereocenters. The fourth-order valence-corrected chi connectivity index (χ4v) is 2.98. The number of hydrogen-bond acceptors (Lipinski definition) is 4. The summed E-state index contributed by atoms with van der Waals surface area (Å²) >= 11 is 0. The molecule has 0 aliphatic heterocycles. The van der Waals surface area contributed by atoms with Crippen LogP contribution >= 0.6 is 0 Å². The monoisotopic (exact) mass is 355 g/mol. The van der Waals surface area contributed by atoms with Crippen LogP contribution in [-0.4, -0.2) is 21.0 Å². The molecular formula is C22H17N3O2. The molecule has 27 heavy (non-hydrogen) atoms. The molecule has 2 N–H and O–H groups in total. The summed E-state index contributed by atoms with van der Waals surface area (Å²) in [5.74, 6) is -0.223. The lowest BCUT2D eigenvalue weighted by Gasteiger charge is -2.11. The number of hydrogen-bond donors (Lipinski definition) is 2. The van der Waals surface area contributed by atoms with Gasteiger partial charge >= 0.3 is 0 Å². The molecule has 0 atom stereocenters. The smallest absolute Gasteiger partial charge is 0.256 e. The van der Waals surface area contributed by atoms with Gasteiger partial charge in [-0.1, -0.05) is 30.3 Å². The maximum atomic E-state index is 13.0. The standard InChI is InChI=1S/C22H17N3O2/c26-14-15-4-3-5-17(12-15)24-22(27)19-13-21(16-8-10-23-11-9-16)25-20-7-2-1-6-18(19)20/h1-13,26H,14H2,(H,24,27). The van der Waals surface area contributed by atoms with E-state index in [9.17, 15) is 9.90 Å². The van der Waals surface area contributed by atoms with E-state index < -0.39 is 0 Å². The van der Waals surface area contributed by atoms with Crippen molar-refractivity contribution in [3.8, 4) is 11.3 Å². The number of carbonyl (C=O) groups is 1. The van der Waals surface area contributed by atoms with Crippen LogP contribution < -0.4 is 5.32 Å². The molecule has 0 aliphatic rings. The summed E-state index contributed by atoms with van der Waals surface area (Å²) in [6.07, 6.45) is 3.40. The lowest BCUT2D eigenvalue weighted by molar-refractivity contribution is 0.102. The molecule has 2 aromatic heterocycles. The van der Waals surface area contributed by atoms with E-state index in [0.29, 0.717) is 16.9 Å². The Kier molecular flexibility index (Phi) is 4.60. The zero-order valence-electron chi connectivity index (χ0n) is 14.5. The Hall–Kier alpha value is -3.57. The van der Waals surface area contributed by atoms with Crippen molar-refractivity contribution in [2.24, 2.45) is 0 Å². The van der Waals surface area contributed by atoms with Gasteiger partial charge in [-0.05, 0) is 42.0 Å². The lowest BCUT2D eigenvalue weighted by Crippen LogP contribution is -2.13. The van der Waals surface area contributed by atoms with Crippen LogP contribution in [0.15, 0.2) is 79.1 Å². The van der Waals surface area contributed by atoms with Crippen molar-refractivity contribution in [3.05, 3.63) is 90.3 Å². The molecule has 5 nitrogen and oxygen atoms in total. The Morgan fingerprint density at radius 2 is 1.78 bits per heavy atom. The van der Waals surface area contributed by atoms with Gasteiger partial charge in [-0.3, -0.25) is 9.78 Å². The largest absolute Gasteiger partial charge is 0.392 e. The zero-order chi connectivity index (χ0) is 18.6. The Morgan fingerprint density at radius 3 is 2.59 bits per heavy atom. The normalized spacial score (nSPS) is 10.7. The predicted molar refractivity (Wildman–Crippen MR) is 105 cm³/mol. The van der Waals surface area contributed by atoms with Crippen LogP contribution in [0.25, 0.3) is 22.2 Å². The van der Waals surface area contributed by atoms with Gasteiger partial charge in [0.25, 0.3) is 5.91 Å². The maximum Gasteiger partial charge on any atom is 0.256 e. The highest BCUT2D eigenvalue weighted by Gasteiger charge is 2.14. The molecule has 0 saturated heterocycles. The molecule has 0 saturated carbocycles. The highest BCUT2D eigenvalue weighted by Crippen LogP contribution is 2.25. The number of rotatable bonds is 4. The van der Waals surface area contributed by atoms with Crippen LogP contribution in [0, 0.1) is 0 Å². The first-order valence-corrected chi connectivity index (χ1v) is 8.56. The summed E-state index contributed by atoms with van der Waals surface area (Å²) in [4.78, 5) is 21.7. The number of pyridine rings is 2. The summed E-state index contributed by atoms with van der Waals surface area (Å²) in [6, 6.07) is 20.2. The van der Waals surface area contributed by atoms with Crippen LogP contribution in [0.1, 0.15) is 15.9 Å². The van der Waals surface area contributed by atoms with Gasteiger partial charge < -0.3 is 10.4 Å². The number of nitrogens with zero attached hydrogens (tertiary/aromatic N) is 2. The van der Waals surface area contributed by atoms with E-state index >= 15 is 0 Å². The van der Waals surface area contributed by atoms with E-state index in [0.717, 1.165) is 22.0 Å². The molecule has 132 valence electrons. The second-order valence-corrected chi connectivity index (χ2v) is 6.12. The Labute approximate surface area is 156 Å². The Balaban J connectivity index is 1.78. The predicted octanol–water partition coefficient (Wildman–Crippen LogP) is 4.04. The van der Waals surface area contributed by atoms with Crippen LogP contribution in [0.2, 0.25) is 0 Å². The van der Waals surface area contributed by atoms with Crippen molar-refractivity contribution in [1.82, 2.24) is 9.97 Å². The van der Waals surface area contributed by atoms with Crippen molar-refractivity contribution < 1.29 is 9.90 Å². The van der Waals surface area contributed by atoms with Crippen molar-refractivity contribution >= 4 is 22.5 Å². The van der Waals surface area contributed by atoms with Crippen molar-refractivity contribution in [2.45, 2.75) is 6.61 Å². The highest BCUT2D eigenvalue weighted by atomic mass is 16.3. The second kappa shape index (κ2) is 7.35. The van der Waals surface area contributed by atoms with Crippen LogP contribution in [0.5, 0.6) is 0 Å². The molecule has 0 bridgehead atoms. The molecule has 0 fully saturated rings. The first-order valence-electron chi connectivity index (χ1n) is 8.56. The summed E-state index contributed by atoms with van der Waals surface area (Å²) < 4.78 is 0. The van der Waals surface area contributed by atoms with Gasteiger partial charge in [-0.15, -0.1) is 0 Å². The van der Waals surface area contributed by atoms with Gasteiger partial charge in [0, 0.05) is 29.0 Å². The number of nitrogens with one attached hydrogen (secondary N) is 1. The van der Waals surface area contributed by atoms with Gasteiger partial charge in [0.2, 0.25) is 0 Å². The Bertz CT molecular complexity index is 1110. The summed E-state index contributed by atoms with van der Waals surface area (Å²) in [7, 11) is 0. The summed E-state index contributed by atoms with van der Waals surface area (Å²) in [5.41, 5.74) is 4.28.